The third-order valence-electron chi connectivity index (χ3n) is 5.27. The minimum atomic E-state index is -5.08. The average Bonchev–Trinajstić information content (AvgIpc) is 2.83. The number of amides is 1. The molecule has 37 heavy (non-hydrogen) atoms. The molecule has 1 atom stereocenters. The van der Waals surface area contributed by atoms with Crippen molar-refractivity contribution in [1.82, 2.24) is 0 Å². The number of carboxylic acids is 3. The number of ether oxygens (including phenoxy) is 1. The van der Waals surface area contributed by atoms with Crippen LogP contribution in [0.2, 0.25) is 0 Å². The fourth-order valence-electron chi connectivity index (χ4n) is 3.71. The zero-order valence-corrected chi connectivity index (χ0v) is 18.9. The van der Waals surface area contributed by atoms with Gasteiger partial charge in [-0.15, -0.1) is 0 Å². The molecule has 7 N–H and O–H groups in total. The summed E-state index contributed by atoms with van der Waals surface area (Å²) in [7, 11) is 0. The second-order valence-electron chi connectivity index (χ2n) is 7.82. The average molecular weight is 526 g/mol. The van der Waals surface area contributed by atoms with Crippen LogP contribution in [-0.4, -0.2) is 51.3 Å². The van der Waals surface area contributed by atoms with Gasteiger partial charge in [0.25, 0.3) is 0 Å². The number of nitrogens with two attached hydrogens (primary N) is 2. The van der Waals surface area contributed by atoms with E-state index in [2.05, 4.69) is 0 Å². The van der Waals surface area contributed by atoms with Gasteiger partial charge in [-0.2, -0.15) is 13.2 Å². The topological polar surface area (TPSA) is 207 Å². The number of aliphatic carboxylic acids is 3. The fraction of sp³-hybridized carbons (Fsp3) is 0.261. The fourth-order valence-corrected chi connectivity index (χ4v) is 3.71. The summed E-state index contributed by atoms with van der Waals surface area (Å²) in [6.07, 6.45) is -4.57. The number of benzene rings is 2. The number of alkyl halides is 3. The van der Waals surface area contributed by atoms with Gasteiger partial charge in [0.2, 0.25) is 5.91 Å². The largest absolute Gasteiger partial charge is 0.490 e. The molecule has 1 aliphatic rings. The highest BCUT2D eigenvalue weighted by atomic mass is 19.4. The van der Waals surface area contributed by atoms with Gasteiger partial charge in [0.1, 0.15) is 5.75 Å². The minimum Gasteiger partial charge on any atom is -0.481 e. The van der Waals surface area contributed by atoms with Crippen LogP contribution in [0.1, 0.15) is 56.2 Å². The zero-order chi connectivity index (χ0) is 28.1. The first-order valence-electron chi connectivity index (χ1n) is 10.4. The molecule has 1 heterocycles. The summed E-state index contributed by atoms with van der Waals surface area (Å²) < 4.78 is 37.2. The predicted octanol–water partition coefficient (Wildman–Crippen LogP) is 2.35. The Hall–Kier alpha value is -4.62. The van der Waals surface area contributed by atoms with Gasteiger partial charge in [0, 0.05) is 11.3 Å². The van der Waals surface area contributed by atoms with Gasteiger partial charge < -0.3 is 31.5 Å². The highest BCUT2D eigenvalue weighted by molar-refractivity contribution is 6.00. The molecule has 0 fully saturated rings. The van der Waals surface area contributed by atoms with Crippen LogP contribution in [-0.2, 0) is 27.2 Å². The van der Waals surface area contributed by atoms with Crippen molar-refractivity contribution in [1.29, 1.82) is 0 Å². The van der Waals surface area contributed by atoms with Crippen LogP contribution in [0.4, 0.5) is 18.9 Å². The second kappa shape index (κ2) is 11.4. The molecular formula is C23H21F3N2O9. The Bertz CT molecular complexity index is 1260. The molecule has 1 aliphatic heterocycles. The quantitative estimate of drug-likeness (QED) is 0.218. The Morgan fingerprint density at radius 3 is 2.16 bits per heavy atom. The van der Waals surface area contributed by atoms with Gasteiger partial charge >= 0.3 is 30.1 Å². The minimum absolute atomic E-state index is 0.0202. The number of carbonyl (C=O) groups excluding carboxylic acids is 2. The van der Waals surface area contributed by atoms with Crippen LogP contribution in [0.15, 0.2) is 30.3 Å². The lowest BCUT2D eigenvalue weighted by atomic mass is 9.86. The number of aryl methyl sites for hydroxylation is 1. The van der Waals surface area contributed by atoms with E-state index in [1.807, 2.05) is 0 Å². The lowest BCUT2D eigenvalue weighted by Crippen LogP contribution is -2.24. The van der Waals surface area contributed by atoms with Crippen molar-refractivity contribution in [3.63, 3.8) is 0 Å². The van der Waals surface area contributed by atoms with Crippen LogP contribution in [0.3, 0.4) is 0 Å². The number of primary amides is 1. The smallest absolute Gasteiger partial charge is 0.481 e. The van der Waals surface area contributed by atoms with Gasteiger partial charge in [-0.25, -0.2) is 9.59 Å². The third kappa shape index (κ3) is 7.19. The summed E-state index contributed by atoms with van der Waals surface area (Å²) in [5.74, 6) is -8.44. The Balaban J connectivity index is 0.000000604. The van der Waals surface area contributed by atoms with E-state index in [-0.39, 0.29) is 28.9 Å². The first-order valence-corrected chi connectivity index (χ1v) is 10.4. The monoisotopic (exact) mass is 526 g/mol. The van der Waals surface area contributed by atoms with Gasteiger partial charge in [0.15, 0.2) is 0 Å². The van der Waals surface area contributed by atoms with E-state index in [0.29, 0.717) is 29.7 Å². The van der Waals surface area contributed by atoms with Crippen molar-refractivity contribution < 1.29 is 57.2 Å². The summed E-state index contributed by atoms with van der Waals surface area (Å²) in [5.41, 5.74) is 13.0. The molecule has 11 nitrogen and oxygen atoms in total. The van der Waals surface area contributed by atoms with E-state index in [0.717, 1.165) is 0 Å². The molecule has 0 saturated carbocycles. The molecule has 14 heteroatoms. The molecular weight excluding hydrogens is 505 g/mol. The van der Waals surface area contributed by atoms with E-state index < -0.39 is 48.3 Å². The lowest BCUT2D eigenvalue weighted by molar-refractivity contribution is -0.192. The van der Waals surface area contributed by atoms with E-state index in [1.54, 1.807) is 18.2 Å². The highest BCUT2D eigenvalue weighted by Gasteiger charge is 2.38. The second-order valence-corrected chi connectivity index (χ2v) is 7.82. The zero-order valence-electron chi connectivity index (χ0n) is 18.9. The number of rotatable bonds is 5. The summed E-state index contributed by atoms with van der Waals surface area (Å²) in [6.45, 7) is 0. The van der Waals surface area contributed by atoms with E-state index in [1.165, 1.54) is 12.1 Å². The number of carboxylic acid groups (broad SMARTS) is 3. The maximum Gasteiger partial charge on any atom is 0.490 e. The standard InChI is InChI=1S/C21H20N2O7.C2HF3O2/c22-11-4-5-12-10(8-11)2-1-3-14-16(30-21(12)29)7-6-13(18(14)19(23)26)15(20(27)28)9-17(24)25;3-2(4,5)1(6)7/h4-8,15H,1-3,9,22H2,(H2,23,26)(H,24,25)(H,27,28);(H,6,7)/t15-;/m0./s1. The molecule has 2 aromatic rings. The molecule has 1 amide bonds. The van der Waals surface area contributed by atoms with Crippen molar-refractivity contribution >= 4 is 35.5 Å². The van der Waals surface area contributed by atoms with Crippen molar-refractivity contribution in [2.24, 2.45) is 5.73 Å². The maximum absolute atomic E-state index is 12.7. The van der Waals surface area contributed by atoms with E-state index in [9.17, 15) is 37.5 Å². The molecule has 0 radical (unpaired) electrons. The molecule has 3 rings (SSSR count). The molecule has 2 aromatic carbocycles. The first kappa shape index (κ1) is 28.6. The van der Waals surface area contributed by atoms with Crippen molar-refractivity contribution in [3.8, 4) is 5.75 Å². The highest BCUT2D eigenvalue weighted by Crippen LogP contribution is 2.35. The SMILES string of the molecule is NC(=O)c1c([C@H](CC(=O)O)C(=O)O)ccc2c1CCCc1cc(N)ccc1C(=O)O2.O=C(O)C(F)(F)F. The van der Waals surface area contributed by atoms with Gasteiger partial charge in [-0.3, -0.25) is 14.4 Å². The maximum atomic E-state index is 12.7. The molecule has 0 aromatic heterocycles. The normalized spacial score (nSPS) is 13.6. The number of fused-ring (bicyclic) bond motifs is 2. The van der Waals surface area contributed by atoms with Crippen molar-refractivity contribution in [2.75, 3.05) is 5.73 Å². The molecule has 0 bridgehead atoms. The first-order chi connectivity index (χ1) is 17.1. The Morgan fingerprint density at radius 2 is 1.65 bits per heavy atom. The summed E-state index contributed by atoms with van der Waals surface area (Å²) in [6, 6.07) is 7.47. The summed E-state index contributed by atoms with van der Waals surface area (Å²) in [5, 5.41) is 25.7. The number of halogens is 3. The van der Waals surface area contributed by atoms with Crippen LogP contribution < -0.4 is 16.2 Å². The molecule has 0 unspecified atom stereocenters. The van der Waals surface area contributed by atoms with E-state index >= 15 is 0 Å². The number of anilines is 1. The van der Waals surface area contributed by atoms with E-state index in [4.69, 9.17) is 31.2 Å². The third-order valence-corrected chi connectivity index (χ3v) is 5.27. The Morgan fingerprint density at radius 1 is 1.03 bits per heavy atom. The van der Waals surface area contributed by atoms with Crippen LogP contribution >= 0.6 is 0 Å². The number of esters is 1. The van der Waals surface area contributed by atoms with Crippen molar-refractivity contribution in [2.45, 2.75) is 37.8 Å². The number of hydrogen-bond donors (Lipinski definition) is 5. The van der Waals surface area contributed by atoms with Crippen molar-refractivity contribution in [3.05, 3.63) is 58.1 Å². The molecule has 0 aliphatic carbocycles. The summed E-state index contributed by atoms with van der Waals surface area (Å²) >= 11 is 0. The van der Waals surface area contributed by atoms with Crippen LogP contribution in [0, 0.1) is 0 Å². The predicted molar refractivity (Wildman–Crippen MR) is 119 cm³/mol. The Labute approximate surface area is 206 Å². The lowest BCUT2D eigenvalue weighted by Gasteiger charge is -2.19. The summed E-state index contributed by atoms with van der Waals surface area (Å²) in [4.78, 5) is 56.7. The molecule has 0 spiro atoms. The number of nitrogen functional groups attached to an aromatic ring is 1. The number of hydrogen-bond acceptors (Lipinski definition) is 7. The van der Waals surface area contributed by atoms with Gasteiger partial charge in [0.05, 0.1) is 23.5 Å². The molecule has 0 saturated heterocycles. The van der Waals surface area contributed by atoms with Crippen LogP contribution in [0.5, 0.6) is 5.75 Å². The van der Waals surface area contributed by atoms with Gasteiger partial charge in [-0.05, 0) is 54.7 Å². The van der Waals surface area contributed by atoms with Crippen LogP contribution in [0.25, 0.3) is 0 Å². The molecule has 198 valence electrons. The Kier molecular flexibility index (Phi) is 8.83. The number of carbonyl (C=O) groups is 5. The van der Waals surface area contributed by atoms with Gasteiger partial charge in [-0.1, -0.05) is 6.07 Å².